The van der Waals surface area contributed by atoms with E-state index in [1.807, 2.05) is 12.1 Å². The molecule has 3 N–H and O–H groups in total. The average Bonchev–Trinajstić information content (AvgIpc) is 3.45. The van der Waals surface area contributed by atoms with Crippen LogP contribution in [-0.2, 0) is 6.54 Å². The summed E-state index contributed by atoms with van der Waals surface area (Å²) in [7, 11) is 0. The number of aromatic amines is 1. The number of halogens is 2. The lowest BCUT2D eigenvalue weighted by molar-refractivity contribution is 0.102. The van der Waals surface area contributed by atoms with Crippen molar-refractivity contribution in [1.82, 2.24) is 20.6 Å². The number of amides is 1. The Hall–Kier alpha value is -4.14. The zero-order valence-electron chi connectivity index (χ0n) is 21.1. The molecule has 1 aliphatic rings. The van der Waals surface area contributed by atoms with E-state index in [1.165, 1.54) is 24.0 Å². The predicted molar refractivity (Wildman–Crippen MR) is 157 cm³/mol. The van der Waals surface area contributed by atoms with Crippen molar-refractivity contribution < 1.29 is 4.79 Å². The van der Waals surface area contributed by atoms with E-state index in [4.69, 9.17) is 23.2 Å². The highest BCUT2D eigenvalue weighted by Crippen LogP contribution is 2.30. The molecule has 5 rings (SSSR count). The molecular formula is C29H27Cl2N7O. The molecule has 1 aromatic heterocycles. The lowest BCUT2D eigenvalue weighted by atomic mass is 9.93. The molecule has 39 heavy (non-hydrogen) atoms. The summed E-state index contributed by atoms with van der Waals surface area (Å²) in [6.45, 7) is 4.82. The maximum atomic E-state index is 12.5. The Bertz CT molecular complexity index is 1460. The third kappa shape index (κ3) is 6.85. The van der Waals surface area contributed by atoms with Crippen molar-refractivity contribution in [2.45, 2.75) is 32.2 Å². The minimum atomic E-state index is -0.323. The zero-order valence-corrected chi connectivity index (χ0v) is 22.6. The van der Waals surface area contributed by atoms with Crippen molar-refractivity contribution in [3.05, 3.63) is 112 Å². The van der Waals surface area contributed by atoms with Gasteiger partial charge in [-0.3, -0.25) is 10.1 Å². The summed E-state index contributed by atoms with van der Waals surface area (Å²) in [4.78, 5) is 14.6. The predicted octanol–water partition coefficient (Wildman–Crippen LogP) is 7.31. The largest absolute Gasteiger partial charge is 0.342 e. The summed E-state index contributed by atoms with van der Waals surface area (Å²) < 4.78 is 0. The van der Waals surface area contributed by atoms with E-state index >= 15 is 0 Å². The fraction of sp³-hybridized carbons (Fsp3) is 0.172. The number of allylic oxidation sites excluding steroid dienone is 2. The van der Waals surface area contributed by atoms with Gasteiger partial charge >= 0.3 is 0 Å². The number of carbonyl (C=O) groups is 1. The normalized spacial score (nSPS) is 12.9. The van der Waals surface area contributed by atoms with Crippen molar-refractivity contribution in [2.75, 3.05) is 15.5 Å². The standard InChI is InChI=1S/C29H27Cl2N7O/c1-19(32-26-16-24(30)15-25(31)17-26)38(27-13-11-22(12-14-27)21-5-3-2-4-6-21)18-20-7-9-23(10-8-20)28(39)33-29-34-36-37-35-29/h5,7-17,32H,1-4,6,18H2,(H2,33,34,35,36,37,39). The highest BCUT2D eigenvalue weighted by Gasteiger charge is 2.15. The molecule has 0 atom stereocenters. The summed E-state index contributed by atoms with van der Waals surface area (Å²) in [5.41, 5.74) is 5.82. The number of anilines is 3. The first-order valence-electron chi connectivity index (χ1n) is 12.6. The molecule has 0 saturated heterocycles. The molecule has 0 fully saturated rings. The molecule has 10 heteroatoms. The Balaban J connectivity index is 1.37. The van der Waals surface area contributed by atoms with Gasteiger partial charge in [-0.25, -0.2) is 0 Å². The van der Waals surface area contributed by atoms with E-state index in [9.17, 15) is 4.79 Å². The van der Waals surface area contributed by atoms with Crippen LogP contribution in [0, 0.1) is 0 Å². The Morgan fingerprint density at radius 2 is 1.72 bits per heavy atom. The number of hydrogen-bond acceptors (Lipinski definition) is 6. The van der Waals surface area contributed by atoms with Crippen LogP contribution in [0.2, 0.25) is 10.0 Å². The van der Waals surface area contributed by atoms with Crippen molar-refractivity contribution in [2.24, 2.45) is 0 Å². The van der Waals surface area contributed by atoms with Crippen LogP contribution in [0.1, 0.15) is 47.2 Å². The Labute approximate surface area is 236 Å². The second-order valence-electron chi connectivity index (χ2n) is 9.22. The first-order valence-corrected chi connectivity index (χ1v) is 13.3. The molecule has 198 valence electrons. The number of hydrogen-bond donors (Lipinski definition) is 3. The SMILES string of the molecule is C=C(Nc1cc(Cl)cc(Cl)c1)N(Cc1ccc(C(=O)Nc2nn[nH]n2)cc1)c1ccc(C2=CCCCC2)cc1. The van der Waals surface area contributed by atoms with Gasteiger partial charge in [-0.2, -0.15) is 5.21 Å². The smallest absolute Gasteiger partial charge is 0.270 e. The molecule has 0 bridgehead atoms. The molecule has 8 nitrogen and oxygen atoms in total. The first-order chi connectivity index (χ1) is 18.9. The third-order valence-corrected chi connectivity index (χ3v) is 6.88. The Morgan fingerprint density at radius 3 is 2.36 bits per heavy atom. The molecule has 0 saturated carbocycles. The number of nitrogens with zero attached hydrogens (tertiary/aromatic N) is 4. The lowest BCUT2D eigenvalue weighted by Gasteiger charge is -2.28. The van der Waals surface area contributed by atoms with Gasteiger partial charge in [0.05, 0.1) is 0 Å². The topological polar surface area (TPSA) is 98.8 Å². The monoisotopic (exact) mass is 559 g/mol. The van der Waals surface area contributed by atoms with E-state index in [0.717, 1.165) is 29.8 Å². The van der Waals surface area contributed by atoms with Gasteiger partial charge in [0.2, 0.25) is 0 Å². The minimum Gasteiger partial charge on any atom is -0.342 e. The number of benzene rings is 3. The van der Waals surface area contributed by atoms with Crippen LogP contribution in [0.15, 0.2) is 85.2 Å². The number of nitrogens with one attached hydrogen (secondary N) is 3. The van der Waals surface area contributed by atoms with E-state index in [-0.39, 0.29) is 11.9 Å². The summed E-state index contributed by atoms with van der Waals surface area (Å²) >= 11 is 12.4. The van der Waals surface area contributed by atoms with Gasteiger partial charge in [0.15, 0.2) is 0 Å². The molecule has 1 heterocycles. The average molecular weight is 560 g/mol. The van der Waals surface area contributed by atoms with Gasteiger partial charge in [-0.15, -0.1) is 5.10 Å². The molecule has 0 radical (unpaired) electrons. The summed E-state index contributed by atoms with van der Waals surface area (Å²) in [6, 6.07) is 21.1. The highest BCUT2D eigenvalue weighted by atomic mass is 35.5. The van der Waals surface area contributed by atoms with Crippen molar-refractivity contribution in [3.8, 4) is 0 Å². The van der Waals surface area contributed by atoms with Crippen molar-refractivity contribution >= 4 is 52.0 Å². The van der Waals surface area contributed by atoms with Crippen LogP contribution in [0.4, 0.5) is 17.3 Å². The second kappa shape index (κ2) is 12.1. The Morgan fingerprint density at radius 1 is 0.974 bits per heavy atom. The van der Waals surface area contributed by atoms with Gasteiger partial charge in [0, 0.05) is 33.5 Å². The number of H-pyrrole nitrogens is 1. The summed E-state index contributed by atoms with van der Waals surface area (Å²) in [5, 5.41) is 20.2. The Kier molecular flexibility index (Phi) is 8.24. The second-order valence-corrected chi connectivity index (χ2v) is 10.1. The van der Waals surface area contributed by atoms with Crippen molar-refractivity contribution in [1.29, 1.82) is 0 Å². The zero-order chi connectivity index (χ0) is 27.2. The van der Waals surface area contributed by atoms with Gasteiger partial charge < -0.3 is 10.2 Å². The summed E-state index contributed by atoms with van der Waals surface area (Å²) in [6.07, 6.45) is 7.07. The molecule has 4 aromatic rings. The van der Waals surface area contributed by atoms with Gasteiger partial charge in [-0.1, -0.05) is 65.2 Å². The van der Waals surface area contributed by atoms with Gasteiger partial charge in [0.25, 0.3) is 11.9 Å². The minimum absolute atomic E-state index is 0.117. The molecule has 3 aromatic carbocycles. The van der Waals surface area contributed by atoms with Crippen molar-refractivity contribution in [3.63, 3.8) is 0 Å². The lowest BCUT2D eigenvalue weighted by Crippen LogP contribution is -2.26. The van der Waals surface area contributed by atoms with E-state index in [2.05, 4.69) is 73.1 Å². The molecule has 0 unspecified atom stereocenters. The fourth-order valence-corrected chi connectivity index (χ4v) is 5.02. The fourth-order valence-electron chi connectivity index (χ4n) is 4.49. The molecular weight excluding hydrogens is 533 g/mol. The summed E-state index contributed by atoms with van der Waals surface area (Å²) in [5.74, 6) is 0.444. The van der Waals surface area contributed by atoms with Gasteiger partial charge in [-0.05, 0) is 90.1 Å². The number of rotatable bonds is 9. The van der Waals surface area contributed by atoms with E-state index < -0.39 is 0 Å². The first kappa shape index (κ1) is 26.5. The van der Waals surface area contributed by atoms with Crippen LogP contribution < -0.4 is 15.5 Å². The van der Waals surface area contributed by atoms with Crippen LogP contribution in [-0.4, -0.2) is 26.5 Å². The van der Waals surface area contributed by atoms with Crippen LogP contribution in [0.5, 0.6) is 0 Å². The maximum absolute atomic E-state index is 12.5. The number of carbonyl (C=O) groups excluding carboxylic acids is 1. The molecule has 1 aliphatic carbocycles. The van der Waals surface area contributed by atoms with Crippen LogP contribution in [0.25, 0.3) is 5.57 Å². The third-order valence-electron chi connectivity index (χ3n) is 6.45. The number of aromatic nitrogens is 4. The maximum Gasteiger partial charge on any atom is 0.270 e. The van der Waals surface area contributed by atoms with Crippen LogP contribution in [0.3, 0.4) is 0 Å². The molecule has 0 aliphatic heterocycles. The quantitative estimate of drug-likeness (QED) is 0.199. The van der Waals surface area contributed by atoms with E-state index in [0.29, 0.717) is 28.0 Å². The number of tetrazole rings is 1. The highest BCUT2D eigenvalue weighted by molar-refractivity contribution is 6.35. The van der Waals surface area contributed by atoms with Gasteiger partial charge in [0.1, 0.15) is 5.82 Å². The molecule has 0 spiro atoms. The molecule has 1 amide bonds. The van der Waals surface area contributed by atoms with E-state index in [1.54, 1.807) is 30.3 Å². The van der Waals surface area contributed by atoms with Crippen LogP contribution >= 0.6 is 23.2 Å².